The smallest absolute Gasteiger partial charge is 0.315 e. The minimum atomic E-state index is -0.400. The molecule has 0 radical (unpaired) electrons. The van der Waals surface area contributed by atoms with E-state index in [0.29, 0.717) is 19.0 Å². The minimum absolute atomic E-state index is 0.0872. The summed E-state index contributed by atoms with van der Waals surface area (Å²) in [7, 11) is 3.20. The van der Waals surface area contributed by atoms with Crippen molar-refractivity contribution >= 4 is 6.03 Å². The summed E-state index contributed by atoms with van der Waals surface area (Å²) in [5.41, 5.74) is 0.522. The van der Waals surface area contributed by atoms with Gasteiger partial charge in [-0.25, -0.2) is 9.78 Å². The number of hydrogen-bond donors (Lipinski definition) is 2. The van der Waals surface area contributed by atoms with E-state index in [1.54, 1.807) is 26.5 Å². The Morgan fingerprint density at radius 2 is 2.22 bits per heavy atom. The van der Waals surface area contributed by atoms with E-state index in [2.05, 4.69) is 15.6 Å². The molecule has 1 fully saturated rings. The molecule has 7 nitrogen and oxygen atoms in total. The highest BCUT2D eigenvalue weighted by Crippen LogP contribution is 2.29. The van der Waals surface area contributed by atoms with Crippen LogP contribution >= 0.6 is 0 Å². The van der Waals surface area contributed by atoms with Crippen molar-refractivity contribution in [1.29, 1.82) is 0 Å². The van der Waals surface area contributed by atoms with Crippen LogP contribution in [0.2, 0.25) is 0 Å². The molecule has 2 N–H and O–H groups in total. The van der Waals surface area contributed by atoms with Crippen LogP contribution in [0.15, 0.2) is 18.3 Å². The lowest BCUT2D eigenvalue weighted by Crippen LogP contribution is -2.48. The van der Waals surface area contributed by atoms with Gasteiger partial charge in [0.05, 0.1) is 18.8 Å². The molecule has 2 amide bonds. The summed E-state index contributed by atoms with van der Waals surface area (Å²) in [5, 5.41) is 5.79. The zero-order valence-electron chi connectivity index (χ0n) is 14.1. The number of rotatable bonds is 6. The second-order valence-electron chi connectivity index (χ2n) is 6.11. The average molecular weight is 323 g/mol. The van der Waals surface area contributed by atoms with E-state index in [9.17, 15) is 4.79 Å². The summed E-state index contributed by atoms with van der Waals surface area (Å²) in [4.78, 5) is 16.3. The van der Waals surface area contributed by atoms with Crippen molar-refractivity contribution in [3.63, 3.8) is 0 Å². The van der Waals surface area contributed by atoms with Crippen molar-refractivity contribution < 1.29 is 19.0 Å². The third kappa shape index (κ3) is 4.80. The lowest BCUT2D eigenvalue weighted by molar-refractivity contribution is 0.0252. The molecule has 1 aliphatic rings. The van der Waals surface area contributed by atoms with Crippen LogP contribution in [-0.4, -0.2) is 50.0 Å². The predicted molar refractivity (Wildman–Crippen MR) is 85.5 cm³/mol. The maximum Gasteiger partial charge on any atom is 0.315 e. The van der Waals surface area contributed by atoms with Crippen LogP contribution in [0.1, 0.15) is 31.9 Å². The molecule has 1 aromatic rings. The van der Waals surface area contributed by atoms with Crippen molar-refractivity contribution in [2.75, 3.05) is 27.4 Å². The van der Waals surface area contributed by atoms with Crippen molar-refractivity contribution in [2.45, 2.75) is 38.0 Å². The van der Waals surface area contributed by atoms with Gasteiger partial charge in [0.15, 0.2) is 0 Å². The number of carbonyl (C=O) groups is 1. The number of methoxy groups -OCH3 is 2. The summed E-state index contributed by atoms with van der Waals surface area (Å²) >= 11 is 0. The van der Waals surface area contributed by atoms with Gasteiger partial charge in [-0.2, -0.15) is 0 Å². The second-order valence-corrected chi connectivity index (χ2v) is 6.11. The predicted octanol–water partition coefficient (Wildman–Crippen LogP) is 1.64. The highest BCUT2D eigenvalue weighted by molar-refractivity contribution is 5.74. The SMILES string of the molecule is COc1ccc([C@H]2OCC[C@@H]2NC(=O)NCC(C)(C)OC)cn1. The quantitative estimate of drug-likeness (QED) is 0.832. The standard InChI is InChI=1S/C16H25N3O4/c1-16(2,22-4)10-18-15(20)19-12-7-8-23-14(12)11-5-6-13(21-3)17-9-11/h5-6,9,12,14H,7-8,10H2,1-4H3,(H2,18,19,20)/t12-,14+/m0/s1. The van der Waals surface area contributed by atoms with E-state index < -0.39 is 5.60 Å². The lowest BCUT2D eigenvalue weighted by atomic mass is 10.0. The van der Waals surface area contributed by atoms with E-state index in [0.717, 1.165) is 12.0 Å². The molecule has 0 bridgehead atoms. The van der Waals surface area contributed by atoms with Gasteiger partial charge >= 0.3 is 6.03 Å². The highest BCUT2D eigenvalue weighted by Gasteiger charge is 2.31. The van der Waals surface area contributed by atoms with Gasteiger partial charge in [0.1, 0.15) is 6.10 Å². The molecule has 1 saturated heterocycles. The molecule has 0 aliphatic carbocycles. The molecule has 2 heterocycles. The number of nitrogens with zero attached hydrogens (tertiary/aromatic N) is 1. The summed E-state index contributed by atoms with van der Waals surface area (Å²) in [6.07, 6.45) is 2.28. The number of ether oxygens (including phenoxy) is 3. The Kier molecular flexibility index (Phi) is 5.79. The highest BCUT2D eigenvalue weighted by atomic mass is 16.5. The maximum atomic E-state index is 12.1. The van der Waals surface area contributed by atoms with Gasteiger partial charge < -0.3 is 24.8 Å². The molecule has 0 aromatic carbocycles. The Labute approximate surface area is 136 Å². The molecule has 1 aliphatic heterocycles. The van der Waals surface area contributed by atoms with E-state index in [1.807, 2.05) is 19.9 Å². The van der Waals surface area contributed by atoms with Crippen LogP contribution in [0.25, 0.3) is 0 Å². The molecule has 0 spiro atoms. The van der Waals surface area contributed by atoms with Gasteiger partial charge in [0, 0.05) is 38.1 Å². The molecular formula is C16H25N3O4. The number of amides is 2. The van der Waals surface area contributed by atoms with Gasteiger partial charge in [-0.1, -0.05) is 0 Å². The monoisotopic (exact) mass is 323 g/mol. The first-order valence-corrected chi connectivity index (χ1v) is 7.66. The molecule has 23 heavy (non-hydrogen) atoms. The minimum Gasteiger partial charge on any atom is -0.481 e. The van der Waals surface area contributed by atoms with E-state index in [-0.39, 0.29) is 18.2 Å². The molecule has 2 rings (SSSR count). The third-order valence-corrected chi connectivity index (χ3v) is 3.93. The lowest BCUT2D eigenvalue weighted by Gasteiger charge is -2.25. The first kappa shape index (κ1) is 17.5. The number of aromatic nitrogens is 1. The molecule has 1 aromatic heterocycles. The fraction of sp³-hybridized carbons (Fsp3) is 0.625. The van der Waals surface area contributed by atoms with Crippen LogP contribution in [0.3, 0.4) is 0 Å². The number of pyridine rings is 1. The van der Waals surface area contributed by atoms with E-state index in [1.165, 1.54) is 0 Å². The Hall–Kier alpha value is -1.86. The van der Waals surface area contributed by atoms with Gasteiger partial charge in [0.2, 0.25) is 5.88 Å². The first-order valence-electron chi connectivity index (χ1n) is 7.66. The number of nitrogens with one attached hydrogen (secondary N) is 2. The number of carbonyl (C=O) groups excluding carboxylic acids is 1. The third-order valence-electron chi connectivity index (χ3n) is 3.93. The first-order chi connectivity index (χ1) is 10.9. The van der Waals surface area contributed by atoms with E-state index in [4.69, 9.17) is 14.2 Å². The van der Waals surface area contributed by atoms with E-state index >= 15 is 0 Å². The summed E-state index contributed by atoms with van der Waals surface area (Å²) < 4.78 is 16.1. The van der Waals surface area contributed by atoms with Crippen molar-refractivity contribution in [3.8, 4) is 5.88 Å². The number of urea groups is 1. The summed E-state index contributed by atoms with van der Waals surface area (Å²) in [5.74, 6) is 0.552. The Balaban J connectivity index is 1.92. The molecule has 2 atom stereocenters. The maximum absolute atomic E-state index is 12.1. The normalized spacial score (nSPS) is 21.0. The Morgan fingerprint density at radius 3 is 2.83 bits per heavy atom. The molecule has 7 heteroatoms. The average Bonchev–Trinajstić information content (AvgIpc) is 3.01. The summed E-state index contributed by atoms with van der Waals surface area (Å²) in [6.45, 7) is 4.86. The second kappa shape index (κ2) is 7.61. The van der Waals surface area contributed by atoms with Crippen molar-refractivity contribution in [1.82, 2.24) is 15.6 Å². The van der Waals surface area contributed by atoms with Gasteiger partial charge in [-0.15, -0.1) is 0 Å². The van der Waals surface area contributed by atoms with Crippen LogP contribution in [0.5, 0.6) is 5.88 Å². The zero-order valence-corrected chi connectivity index (χ0v) is 14.1. The largest absolute Gasteiger partial charge is 0.481 e. The fourth-order valence-electron chi connectivity index (χ4n) is 2.33. The Bertz CT molecular complexity index is 519. The fourth-order valence-corrected chi connectivity index (χ4v) is 2.33. The van der Waals surface area contributed by atoms with Crippen LogP contribution < -0.4 is 15.4 Å². The van der Waals surface area contributed by atoms with Crippen LogP contribution in [-0.2, 0) is 9.47 Å². The molecular weight excluding hydrogens is 298 g/mol. The van der Waals surface area contributed by atoms with Crippen molar-refractivity contribution in [3.05, 3.63) is 23.9 Å². The van der Waals surface area contributed by atoms with Gasteiger partial charge in [0.25, 0.3) is 0 Å². The van der Waals surface area contributed by atoms with Crippen molar-refractivity contribution in [2.24, 2.45) is 0 Å². The molecule has 0 unspecified atom stereocenters. The Morgan fingerprint density at radius 1 is 1.43 bits per heavy atom. The van der Waals surface area contributed by atoms with Crippen LogP contribution in [0.4, 0.5) is 4.79 Å². The summed E-state index contributed by atoms with van der Waals surface area (Å²) in [6, 6.07) is 3.38. The topological polar surface area (TPSA) is 81.7 Å². The van der Waals surface area contributed by atoms with Gasteiger partial charge in [-0.05, 0) is 26.3 Å². The number of hydrogen-bond acceptors (Lipinski definition) is 5. The molecule has 0 saturated carbocycles. The van der Waals surface area contributed by atoms with Crippen LogP contribution in [0, 0.1) is 0 Å². The molecule has 128 valence electrons. The zero-order chi connectivity index (χ0) is 16.9. The van der Waals surface area contributed by atoms with Gasteiger partial charge in [-0.3, -0.25) is 0 Å².